The fraction of sp³-hybridized carbons (Fsp3) is 0.333. The zero-order chi connectivity index (χ0) is 20.5. The molecule has 2 aliphatic rings. The molecule has 2 aromatic rings. The second-order valence-corrected chi connectivity index (χ2v) is 8.15. The number of fused-ring (bicyclic) bond motifs is 1. The van der Waals surface area contributed by atoms with Gasteiger partial charge in [-0.05, 0) is 42.0 Å². The third kappa shape index (κ3) is 3.70. The molecule has 2 heterocycles. The zero-order valence-electron chi connectivity index (χ0n) is 15.9. The maximum atomic E-state index is 12.7. The molecular weight excluding hydrogens is 438 g/mol. The van der Waals surface area contributed by atoms with Crippen molar-refractivity contribution >= 4 is 33.6 Å². The van der Waals surface area contributed by atoms with Crippen LogP contribution in [0.3, 0.4) is 0 Å². The number of amides is 3. The molecular formula is C21H22BrN3O4. The molecule has 0 bridgehead atoms. The number of aliphatic hydroxyl groups is 1. The highest BCUT2D eigenvalue weighted by molar-refractivity contribution is 9.10. The fourth-order valence-electron chi connectivity index (χ4n) is 4.22. The molecule has 152 valence electrons. The number of methoxy groups -OCH3 is 1. The summed E-state index contributed by atoms with van der Waals surface area (Å²) in [5.74, 6) is 0.556. The van der Waals surface area contributed by atoms with Gasteiger partial charge in [0.15, 0.2) is 0 Å². The topological polar surface area (TPSA) is 82.1 Å². The van der Waals surface area contributed by atoms with Gasteiger partial charge in [0.05, 0.1) is 25.8 Å². The molecule has 0 aromatic heterocycles. The van der Waals surface area contributed by atoms with E-state index in [1.54, 1.807) is 36.3 Å². The number of halogens is 1. The number of carbonyl (C=O) groups is 2. The summed E-state index contributed by atoms with van der Waals surface area (Å²) in [6.07, 6.45) is 0. The SMILES string of the molecule is COc1ccc(NC(=O)N2CC(=O)N3[C@H](CO)[C@@H](c4ccc(Br)cc4)[C@H]3C2)cc1. The molecule has 0 unspecified atom stereocenters. The predicted octanol–water partition coefficient (Wildman–Crippen LogP) is 2.66. The number of nitrogens with one attached hydrogen (secondary N) is 1. The molecule has 0 aliphatic carbocycles. The van der Waals surface area contributed by atoms with Gasteiger partial charge in [-0.25, -0.2) is 4.79 Å². The molecule has 2 fully saturated rings. The van der Waals surface area contributed by atoms with Crippen molar-refractivity contribution in [1.82, 2.24) is 9.80 Å². The first-order valence-corrected chi connectivity index (χ1v) is 10.2. The summed E-state index contributed by atoms with van der Waals surface area (Å²) in [6.45, 7) is 0.327. The lowest BCUT2D eigenvalue weighted by Gasteiger charge is -2.58. The second-order valence-electron chi connectivity index (χ2n) is 7.23. The summed E-state index contributed by atoms with van der Waals surface area (Å²) in [7, 11) is 1.58. The maximum Gasteiger partial charge on any atom is 0.322 e. The second kappa shape index (κ2) is 8.04. The lowest BCUT2D eigenvalue weighted by molar-refractivity contribution is -0.159. The van der Waals surface area contributed by atoms with Gasteiger partial charge in [0.1, 0.15) is 12.3 Å². The van der Waals surface area contributed by atoms with Crippen LogP contribution in [0, 0.1) is 0 Å². The zero-order valence-corrected chi connectivity index (χ0v) is 17.5. The minimum absolute atomic E-state index is 0.00203. The van der Waals surface area contributed by atoms with Gasteiger partial charge in [0.25, 0.3) is 0 Å². The number of hydrogen-bond acceptors (Lipinski definition) is 4. The summed E-state index contributed by atoms with van der Waals surface area (Å²) in [5.41, 5.74) is 1.69. The van der Waals surface area contributed by atoms with E-state index in [-0.39, 0.29) is 43.1 Å². The average Bonchev–Trinajstić information content (AvgIpc) is 2.71. The third-order valence-corrected chi connectivity index (χ3v) is 6.16. The summed E-state index contributed by atoms with van der Waals surface area (Å²) >= 11 is 3.43. The lowest BCUT2D eigenvalue weighted by Crippen LogP contribution is -2.73. The summed E-state index contributed by atoms with van der Waals surface area (Å²) in [6, 6.07) is 14.2. The van der Waals surface area contributed by atoms with Crippen LogP contribution in [-0.2, 0) is 4.79 Å². The fourth-order valence-corrected chi connectivity index (χ4v) is 4.48. The Kier molecular flexibility index (Phi) is 5.47. The Morgan fingerprint density at radius 3 is 2.52 bits per heavy atom. The highest BCUT2D eigenvalue weighted by Gasteiger charge is 2.54. The van der Waals surface area contributed by atoms with E-state index in [1.807, 2.05) is 24.3 Å². The molecule has 2 aliphatic heterocycles. The third-order valence-electron chi connectivity index (χ3n) is 5.64. The Labute approximate surface area is 177 Å². The number of ether oxygens (including phenoxy) is 1. The van der Waals surface area contributed by atoms with Crippen molar-refractivity contribution in [1.29, 1.82) is 0 Å². The molecule has 8 heteroatoms. The van der Waals surface area contributed by atoms with Gasteiger partial charge in [-0.2, -0.15) is 0 Å². The molecule has 4 rings (SSSR count). The summed E-state index contributed by atoms with van der Waals surface area (Å²) < 4.78 is 6.09. The molecule has 3 amide bonds. The van der Waals surface area contributed by atoms with Gasteiger partial charge in [-0.15, -0.1) is 0 Å². The van der Waals surface area contributed by atoms with Crippen LogP contribution in [-0.4, -0.2) is 65.7 Å². The van der Waals surface area contributed by atoms with Crippen molar-refractivity contribution in [3.8, 4) is 5.75 Å². The average molecular weight is 460 g/mol. The minimum Gasteiger partial charge on any atom is -0.497 e. The maximum absolute atomic E-state index is 12.7. The van der Waals surface area contributed by atoms with E-state index in [4.69, 9.17) is 4.74 Å². The number of hydrogen-bond donors (Lipinski definition) is 2. The largest absolute Gasteiger partial charge is 0.497 e. The van der Waals surface area contributed by atoms with E-state index >= 15 is 0 Å². The number of benzene rings is 2. The van der Waals surface area contributed by atoms with Gasteiger partial charge >= 0.3 is 6.03 Å². The first-order chi connectivity index (χ1) is 14.0. The van der Waals surface area contributed by atoms with Crippen LogP contribution >= 0.6 is 15.9 Å². The van der Waals surface area contributed by atoms with E-state index in [1.165, 1.54) is 4.90 Å². The highest BCUT2D eigenvalue weighted by Crippen LogP contribution is 2.43. The highest BCUT2D eigenvalue weighted by atomic mass is 79.9. The van der Waals surface area contributed by atoms with Crippen LogP contribution in [0.15, 0.2) is 53.0 Å². The number of aliphatic hydroxyl groups excluding tert-OH is 1. The van der Waals surface area contributed by atoms with E-state index in [9.17, 15) is 14.7 Å². The molecule has 29 heavy (non-hydrogen) atoms. The smallest absolute Gasteiger partial charge is 0.322 e. The van der Waals surface area contributed by atoms with Crippen molar-refractivity contribution in [3.05, 3.63) is 58.6 Å². The quantitative estimate of drug-likeness (QED) is 0.736. The van der Waals surface area contributed by atoms with Crippen LogP contribution in [0.1, 0.15) is 11.5 Å². The van der Waals surface area contributed by atoms with Crippen LogP contribution in [0.25, 0.3) is 0 Å². The Hall–Kier alpha value is -2.58. The molecule has 0 spiro atoms. The van der Waals surface area contributed by atoms with Gasteiger partial charge in [0.2, 0.25) is 5.91 Å². The Bertz CT molecular complexity index is 903. The van der Waals surface area contributed by atoms with E-state index < -0.39 is 0 Å². The molecule has 2 aromatic carbocycles. The minimum atomic E-state index is -0.315. The lowest BCUT2D eigenvalue weighted by atomic mass is 9.74. The van der Waals surface area contributed by atoms with Crippen LogP contribution in [0.2, 0.25) is 0 Å². The number of piperazine rings is 1. The predicted molar refractivity (Wildman–Crippen MR) is 112 cm³/mol. The first-order valence-electron chi connectivity index (χ1n) is 9.39. The summed E-state index contributed by atoms with van der Waals surface area (Å²) in [4.78, 5) is 28.7. The standard InChI is InChI=1S/C21H22BrN3O4/c1-29-16-8-6-15(7-9-16)23-21(28)24-10-17-20(13-2-4-14(22)5-3-13)18(12-26)25(17)19(27)11-24/h2-9,17-18,20,26H,10-12H2,1H3,(H,23,28)/t17-,18-,20+/m1/s1. The van der Waals surface area contributed by atoms with Crippen LogP contribution in [0.4, 0.5) is 10.5 Å². The number of urea groups is 1. The number of rotatable bonds is 4. The van der Waals surface area contributed by atoms with Crippen LogP contribution in [0.5, 0.6) is 5.75 Å². The Balaban J connectivity index is 1.49. The molecule has 0 saturated carbocycles. The van der Waals surface area contributed by atoms with Crippen molar-refractivity contribution in [3.63, 3.8) is 0 Å². The van der Waals surface area contributed by atoms with Crippen LogP contribution < -0.4 is 10.1 Å². The normalized spacial score (nSPS) is 23.3. The van der Waals surface area contributed by atoms with E-state index in [2.05, 4.69) is 21.2 Å². The molecule has 7 nitrogen and oxygen atoms in total. The van der Waals surface area contributed by atoms with E-state index in [0.29, 0.717) is 18.0 Å². The Morgan fingerprint density at radius 2 is 1.90 bits per heavy atom. The van der Waals surface area contributed by atoms with Gasteiger partial charge < -0.3 is 25.0 Å². The van der Waals surface area contributed by atoms with Crippen molar-refractivity contribution in [2.45, 2.75) is 18.0 Å². The Morgan fingerprint density at radius 1 is 1.21 bits per heavy atom. The van der Waals surface area contributed by atoms with Gasteiger partial charge in [-0.1, -0.05) is 28.1 Å². The summed E-state index contributed by atoms with van der Waals surface area (Å²) in [5, 5.41) is 12.7. The molecule has 3 atom stereocenters. The molecule has 2 saturated heterocycles. The van der Waals surface area contributed by atoms with Crippen molar-refractivity contribution < 1.29 is 19.4 Å². The van der Waals surface area contributed by atoms with Gasteiger partial charge in [0, 0.05) is 22.6 Å². The number of anilines is 1. The monoisotopic (exact) mass is 459 g/mol. The van der Waals surface area contributed by atoms with Gasteiger partial charge in [-0.3, -0.25) is 4.79 Å². The van der Waals surface area contributed by atoms with Crippen molar-refractivity contribution in [2.24, 2.45) is 0 Å². The number of carbonyl (C=O) groups excluding carboxylic acids is 2. The van der Waals surface area contributed by atoms with E-state index in [0.717, 1.165) is 10.0 Å². The molecule has 0 radical (unpaired) electrons. The molecule has 2 N–H and O–H groups in total. The first kappa shape index (κ1) is 19.7. The number of nitrogens with zero attached hydrogens (tertiary/aromatic N) is 2. The van der Waals surface area contributed by atoms with Crippen molar-refractivity contribution in [2.75, 3.05) is 32.1 Å².